The first-order valence-electron chi connectivity index (χ1n) is 7.01. The van der Waals surface area contributed by atoms with Crippen molar-refractivity contribution in [3.05, 3.63) is 29.6 Å². The minimum atomic E-state index is -0.296. The Balaban J connectivity index is 2.15. The van der Waals surface area contributed by atoms with Gasteiger partial charge in [0.2, 0.25) is 0 Å². The third kappa shape index (κ3) is 3.47. The fraction of sp³-hybridized carbons (Fsp3) is 0.625. The molecule has 1 aliphatic rings. The molecule has 1 saturated carbocycles. The third-order valence-corrected chi connectivity index (χ3v) is 4.31. The van der Waals surface area contributed by atoms with E-state index in [9.17, 15) is 9.50 Å². The smallest absolute Gasteiger partial charge is 0.125 e. The zero-order valence-electron chi connectivity index (χ0n) is 12.1. The fourth-order valence-corrected chi connectivity index (χ4v) is 2.84. The molecule has 1 aliphatic carbocycles. The first kappa shape index (κ1) is 14.3. The number of aliphatic hydroxyl groups is 1. The van der Waals surface area contributed by atoms with Gasteiger partial charge in [-0.3, -0.25) is 0 Å². The van der Waals surface area contributed by atoms with Crippen LogP contribution in [0.4, 0.5) is 10.1 Å². The number of hydrogen-bond acceptors (Lipinski definition) is 2. The Labute approximate surface area is 115 Å². The summed E-state index contributed by atoms with van der Waals surface area (Å²) in [5.41, 5.74) is 1.71. The summed E-state index contributed by atoms with van der Waals surface area (Å²) in [6.07, 6.45) is 4.00. The van der Waals surface area contributed by atoms with Crippen LogP contribution in [-0.4, -0.2) is 17.3 Å². The Morgan fingerprint density at radius 3 is 2.32 bits per heavy atom. The van der Waals surface area contributed by atoms with Gasteiger partial charge < -0.3 is 10.4 Å². The second-order valence-corrected chi connectivity index (χ2v) is 6.74. The molecule has 0 aliphatic heterocycles. The van der Waals surface area contributed by atoms with Gasteiger partial charge in [0.05, 0.1) is 12.1 Å². The molecule has 0 atom stereocenters. The van der Waals surface area contributed by atoms with Crippen LogP contribution in [0.25, 0.3) is 0 Å². The van der Waals surface area contributed by atoms with Crippen LogP contribution in [0.15, 0.2) is 18.2 Å². The van der Waals surface area contributed by atoms with E-state index < -0.39 is 0 Å². The van der Waals surface area contributed by atoms with E-state index in [1.54, 1.807) is 0 Å². The lowest BCUT2D eigenvalue weighted by atomic mass is 9.69. The lowest BCUT2D eigenvalue weighted by Gasteiger charge is -2.43. The number of hydrogen-bond donors (Lipinski definition) is 2. The summed E-state index contributed by atoms with van der Waals surface area (Å²) in [4.78, 5) is 0. The van der Waals surface area contributed by atoms with Crippen molar-refractivity contribution in [3.63, 3.8) is 0 Å². The van der Waals surface area contributed by atoms with Crippen LogP contribution in [0.3, 0.4) is 0 Å². The Morgan fingerprint density at radius 1 is 1.16 bits per heavy atom. The second-order valence-electron chi connectivity index (χ2n) is 6.74. The van der Waals surface area contributed by atoms with Gasteiger partial charge in [-0.05, 0) is 61.8 Å². The molecular weight excluding hydrogens is 241 g/mol. The molecule has 106 valence electrons. The Kier molecular flexibility index (Phi) is 3.86. The maximum atomic E-state index is 13.4. The summed E-state index contributed by atoms with van der Waals surface area (Å²) in [6, 6.07) is 4.95. The fourth-order valence-electron chi connectivity index (χ4n) is 2.84. The first-order chi connectivity index (χ1) is 8.84. The van der Waals surface area contributed by atoms with E-state index in [4.69, 9.17) is 0 Å². The van der Waals surface area contributed by atoms with Crippen LogP contribution in [0.2, 0.25) is 0 Å². The molecule has 3 heteroatoms. The number of anilines is 1. The van der Waals surface area contributed by atoms with Gasteiger partial charge in [0, 0.05) is 5.69 Å². The monoisotopic (exact) mass is 265 g/mol. The molecule has 2 nitrogen and oxygen atoms in total. The molecular formula is C16H24FNO. The minimum absolute atomic E-state index is 0.0959. The topological polar surface area (TPSA) is 32.3 Å². The summed E-state index contributed by atoms with van der Waals surface area (Å²) in [7, 11) is 0. The normalized spacial score (nSPS) is 21.1. The van der Waals surface area contributed by atoms with Gasteiger partial charge in [0.25, 0.3) is 0 Å². The summed E-state index contributed by atoms with van der Waals surface area (Å²) in [5.74, 6) is -0.230. The standard InChI is InChI=1S/C16H24FNO/c1-12-8-13(17)10-14(9-12)18-16(11-19)6-4-15(2,3)5-7-16/h8-10,18-19H,4-7,11H2,1-3H3. The third-order valence-electron chi connectivity index (χ3n) is 4.31. The van der Waals surface area contributed by atoms with Crippen LogP contribution in [-0.2, 0) is 0 Å². The molecule has 1 aromatic rings. The van der Waals surface area contributed by atoms with E-state index in [1.807, 2.05) is 13.0 Å². The second kappa shape index (κ2) is 5.12. The van der Waals surface area contributed by atoms with E-state index in [0.717, 1.165) is 36.9 Å². The highest BCUT2D eigenvalue weighted by Crippen LogP contribution is 2.41. The van der Waals surface area contributed by atoms with Crippen molar-refractivity contribution in [3.8, 4) is 0 Å². The van der Waals surface area contributed by atoms with E-state index >= 15 is 0 Å². The predicted molar refractivity (Wildman–Crippen MR) is 76.8 cm³/mol. The zero-order valence-corrected chi connectivity index (χ0v) is 12.1. The Bertz CT molecular complexity index is 426. The number of nitrogens with one attached hydrogen (secondary N) is 1. The van der Waals surface area contributed by atoms with Crippen LogP contribution < -0.4 is 5.32 Å². The summed E-state index contributed by atoms with van der Waals surface area (Å²) in [6.45, 7) is 6.50. The molecule has 2 N–H and O–H groups in total. The number of halogens is 1. The van der Waals surface area contributed by atoms with E-state index in [0.29, 0.717) is 5.41 Å². The van der Waals surface area contributed by atoms with Crippen LogP contribution >= 0.6 is 0 Å². The van der Waals surface area contributed by atoms with Crippen molar-refractivity contribution < 1.29 is 9.50 Å². The quantitative estimate of drug-likeness (QED) is 0.869. The van der Waals surface area contributed by atoms with Gasteiger partial charge in [0.1, 0.15) is 5.82 Å². The van der Waals surface area contributed by atoms with Crippen molar-refractivity contribution in [2.75, 3.05) is 11.9 Å². The Morgan fingerprint density at radius 2 is 1.79 bits per heavy atom. The minimum Gasteiger partial charge on any atom is -0.394 e. The summed E-state index contributed by atoms with van der Waals surface area (Å²) < 4.78 is 13.4. The van der Waals surface area contributed by atoms with Crippen LogP contribution in [0, 0.1) is 18.2 Å². The van der Waals surface area contributed by atoms with Crippen LogP contribution in [0.1, 0.15) is 45.1 Å². The molecule has 2 rings (SSSR count). The van der Waals surface area contributed by atoms with Gasteiger partial charge in [-0.25, -0.2) is 4.39 Å². The number of rotatable bonds is 3. The van der Waals surface area contributed by atoms with E-state index in [2.05, 4.69) is 19.2 Å². The van der Waals surface area contributed by atoms with Gasteiger partial charge in [-0.2, -0.15) is 0 Å². The average Bonchev–Trinajstić information content (AvgIpc) is 2.31. The van der Waals surface area contributed by atoms with Gasteiger partial charge in [-0.1, -0.05) is 13.8 Å². The molecule has 19 heavy (non-hydrogen) atoms. The summed E-state index contributed by atoms with van der Waals surface area (Å²) in [5, 5.41) is 13.1. The van der Waals surface area contributed by atoms with Crippen molar-refractivity contribution in [1.29, 1.82) is 0 Å². The zero-order chi connectivity index (χ0) is 14.1. The molecule has 0 spiro atoms. The number of aliphatic hydroxyl groups excluding tert-OH is 1. The largest absolute Gasteiger partial charge is 0.394 e. The SMILES string of the molecule is Cc1cc(F)cc(NC2(CO)CCC(C)(C)CC2)c1. The molecule has 0 heterocycles. The Hall–Kier alpha value is -1.09. The molecule has 1 aromatic carbocycles. The molecule has 0 bridgehead atoms. The highest BCUT2D eigenvalue weighted by Gasteiger charge is 2.37. The molecule has 0 amide bonds. The number of aryl methyl sites for hydroxylation is 1. The van der Waals surface area contributed by atoms with Crippen molar-refractivity contribution in [1.82, 2.24) is 0 Å². The van der Waals surface area contributed by atoms with E-state index in [-0.39, 0.29) is 18.0 Å². The maximum Gasteiger partial charge on any atom is 0.125 e. The number of benzene rings is 1. The van der Waals surface area contributed by atoms with Gasteiger partial charge in [0.15, 0.2) is 0 Å². The molecule has 0 radical (unpaired) electrons. The van der Waals surface area contributed by atoms with Gasteiger partial charge >= 0.3 is 0 Å². The molecule has 0 saturated heterocycles. The van der Waals surface area contributed by atoms with E-state index in [1.165, 1.54) is 12.1 Å². The predicted octanol–water partition coefficient (Wildman–Crippen LogP) is 3.88. The first-order valence-corrected chi connectivity index (χ1v) is 7.01. The van der Waals surface area contributed by atoms with Crippen LogP contribution in [0.5, 0.6) is 0 Å². The molecule has 0 aromatic heterocycles. The lowest BCUT2D eigenvalue weighted by Crippen LogP contribution is -2.46. The van der Waals surface area contributed by atoms with Crippen molar-refractivity contribution in [2.24, 2.45) is 5.41 Å². The molecule has 0 unspecified atom stereocenters. The average molecular weight is 265 g/mol. The van der Waals surface area contributed by atoms with Crippen molar-refractivity contribution >= 4 is 5.69 Å². The van der Waals surface area contributed by atoms with Gasteiger partial charge in [-0.15, -0.1) is 0 Å². The molecule has 1 fully saturated rings. The lowest BCUT2D eigenvalue weighted by molar-refractivity contribution is 0.118. The maximum absolute atomic E-state index is 13.4. The highest BCUT2D eigenvalue weighted by molar-refractivity contribution is 5.48. The highest BCUT2D eigenvalue weighted by atomic mass is 19.1. The van der Waals surface area contributed by atoms with Crippen molar-refractivity contribution in [2.45, 2.75) is 52.0 Å². The summed E-state index contributed by atoms with van der Waals surface area (Å²) >= 11 is 0.